The first-order valence-corrected chi connectivity index (χ1v) is 7.52. The third kappa shape index (κ3) is 3.76. The van der Waals surface area contributed by atoms with Crippen molar-refractivity contribution in [2.75, 3.05) is 25.4 Å². The largest absolute Gasteiger partial charge is 0.302 e. The van der Waals surface area contributed by atoms with Crippen LogP contribution in [0.3, 0.4) is 0 Å². The molecule has 18 heavy (non-hydrogen) atoms. The Hall–Kier alpha value is -0.980. The first-order chi connectivity index (χ1) is 8.72. The van der Waals surface area contributed by atoms with Crippen LogP contribution in [0.2, 0.25) is 0 Å². The van der Waals surface area contributed by atoms with E-state index in [-0.39, 0.29) is 5.41 Å². The summed E-state index contributed by atoms with van der Waals surface area (Å²) in [6, 6.07) is 13.0. The number of benzene rings is 1. The van der Waals surface area contributed by atoms with Crippen molar-refractivity contribution >= 4 is 11.8 Å². The second kappa shape index (κ2) is 6.26. The zero-order valence-corrected chi connectivity index (χ0v) is 11.7. The van der Waals surface area contributed by atoms with Crippen molar-refractivity contribution in [3.63, 3.8) is 0 Å². The van der Waals surface area contributed by atoms with E-state index in [2.05, 4.69) is 48.2 Å². The van der Waals surface area contributed by atoms with Gasteiger partial charge in [-0.25, -0.2) is 0 Å². The molecule has 1 aliphatic heterocycles. The molecule has 3 heteroatoms. The zero-order valence-electron chi connectivity index (χ0n) is 10.9. The summed E-state index contributed by atoms with van der Waals surface area (Å²) in [7, 11) is 0. The first-order valence-electron chi connectivity index (χ1n) is 6.53. The van der Waals surface area contributed by atoms with Gasteiger partial charge in [-0.2, -0.15) is 5.26 Å². The summed E-state index contributed by atoms with van der Waals surface area (Å²) in [4.78, 5) is 3.83. The van der Waals surface area contributed by atoms with Gasteiger partial charge in [0, 0.05) is 17.2 Å². The Morgan fingerprint density at radius 3 is 2.56 bits per heavy atom. The molecule has 0 N–H and O–H groups in total. The topological polar surface area (TPSA) is 27.0 Å². The molecular weight excluding hydrogens is 240 g/mol. The summed E-state index contributed by atoms with van der Waals surface area (Å²) in [6.45, 7) is 5.35. The molecule has 0 spiro atoms. The second-order valence-electron chi connectivity index (χ2n) is 5.18. The van der Waals surface area contributed by atoms with Gasteiger partial charge >= 0.3 is 0 Å². The van der Waals surface area contributed by atoms with Gasteiger partial charge in [0.2, 0.25) is 0 Å². The molecular formula is C15H20N2S. The van der Waals surface area contributed by atoms with E-state index in [1.165, 1.54) is 4.90 Å². The Labute approximate surface area is 114 Å². The maximum atomic E-state index is 9.09. The van der Waals surface area contributed by atoms with Gasteiger partial charge in [0.05, 0.1) is 11.5 Å². The molecule has 96 valence electrons. The summed E-state index contributed by atoms with van der Waals surface area (Å²) >= 11 is 1.91. The highest BCUT2D eigenvalue weighted by atomic mass is 32.2. The van der Waals surface area contributed by atoms with Crippen LogP contribution in [0.5, 0.6) is 0 Å². The van der Waals surface area contributed by atoms with E-state index in [0.717, 1.165) is 38.2 Å². The Kier molecular flexibility index (Phi) is 4.68. The van der Waals surface area contributed by atoms with Gasteiger partial charge in [-0.15, -0.1) is 11.8 Å². The van der Waals surface area contributed by atoms with Crippen LogP contribution < -0.4 is 0 Å². The average molecular weight is 260 g/mol. The molecule has 2 rings (SSSR count). The van der Waals surface area contributed by atoms with Crippen LogP contribution >= 0.6 is 11.8 Å². The first kappa shape index (κ1) is 13.5. The minimum atomic E-state index is -0.0803. The number of piperidine rings is 1. The summed E-state index contributed by atoms with van der Waals surface area (Å²) in [6.07, 6.45) is 2.03. The number of nitrogens with zero attached hydrogens (tertiary/aromatic N) is 2. The number of rotatable bonds is 4. The number of nitriles is 1. The van der Waals surface area contributed by atoms with Gasteiger partial charge in [0.25, 0.3) is 0 Å². The molecule has 0 radical (unpaired) electrons. The molecule has 0 saturated carbocycles. The van der Waals surface area contributed by atoms with Gasteiger partial charge in [-0.1, -0.05) is 18.2 Å². The van der Waals surface area contributed by atoms with Crippen LogP contribution in [-0.2, 0) is 0 Å². The highest BCUT2D eigenvalue weighted by Crippen LogP contribution is 2.29. The number of thioether (sulfide) groups is 1. The molecule has 1 aromatic carbocycles. The smallest absolute Gasteiger partial charge is 0.0687 e. The van der Waals surface area contributed by atoms with E-state index in [4.69, 9.17) is 5.26 Å². The van der Waals surface area contributed by atoms with Crippen LogP contribution in [0.4, 0.5) is 0 Å². The van der Waals surface area contributed by atoms with Crippen LogP contribution in [-0.4, -0.2) is 30.3 Å². The van der Waals surface area contributed by atoms with Gasteiger partial charge in [0.15, 0.2) is 0 Å². The van der Waals surface area contributed by atoms with Crippen molar-refractivity contribution in [2.24, 2.45) is 5.41 Å². The lowest BCUT2D eigenvalue weighted by molar-refractivity contribution is 0.164. The monoisotopic (exact) mass is 260 g/mol. The fraction of sp³-hybridized carbons (Fsp3) is 0.533. The summed E-state index contributed by atoms with van der Waals surface area (Å²) in [5, 5.41) is 9.09. The molecule has 0 unspecified atom stereocenters. The molecule has 1 aliphatic rings. The molecule has 1 fully saturated rings. The van der Waals surface area contributed by atoms with Crippen molar-refractivity contribution in [3.05, 3.63) is 30.3 Å². The predicted molar refractivity (Wildman–Crippen MR) is 76.6 cm³/mol. The molecule has 0 bridgehead atoms. The number of likely N-dealkylation sites (tertiary alicyclic amines) is 1. The minimum Gasteiger partial charge on any atom is -0.302 e. The second-order valence-corrected chi connectivity index (χ2v) is 6.34. The highest BCUT2D eigenvalue weighted by Gasteiger charge is 2.29. The van der Waals surface area contributed by atoms with Crippen LogP contribution in [0, 0.1) is 16.7 Å². The normalized spacial score (nSPS) is 19.3. The van der Waals surface area contributed by atoms with Crippen molar-refractivity contribution in [1.82, 2.24) is 4.90 Å². The third-order valence-electron chi connectivity index (χ3n) is 3.65. The average Bonchev–Trinajstić information content (AvgIpc) is 2.42. The van der Waals surface area contributed by atoms with Crippen LogP contribution in [0.15, 0.2) is 35.2 Å². The maximum absolute atomic E-state index is 9.09. The quantitative estimate of drug-likeness (QED) is 0.776. The Balaban J connectivity index is 1.69. The van der Waals surface area contributed by atoms with Gasteiger partial charge in [-0.3, -0.25) is 0 Å². The van der Waals surface area contributed by atoms with Crippen molar-refractivity contribution in [3.8, 4) is 6.07 Å². The SMILES string of the molecule is CC1(C#N)CCN(CCSc2ccccc2)CC1. The molecule has 0 amide bonds. The van der Waals surface area contributed by atoms with Crippen LogP contribution in [0.25, 0.3) is 0 Å². The van der Waals surface area contributed by atoms with E-state index >= 15 is 0 Å². The Bertz CT molecular complexity index is 402. The molecule has 2 nitrogen and oxygen atoms in total. The molecule has 1 aromatic rings. The lowest BCUT2D eigenvalue weighted by atomic mass is 9.82. The van der Waals surface area contributed by atoms with E-state index < -0.39 is 0 Å². The molecule has 0 aliphatic carbocycles. The van der Waals surface area contributed by atoms with E-state index in [1.807, 2.05) is 11.8 Å². The minimum absolute atomic E-state index is 0.0803. The lowest BCUT2D eigenvalue weighted by Crippen LogP contribution is -2.39. The zero-order chi connectivity index (χ0) is 12.8. The summed E-state index contributed by atoms with van der Waals surface area (Å²) < 4.78 is 0. The molecule has 0 atom stereocenters. The van der Waals surface area contributed by atoms with Crippen molar-refractivity contribution < 1.29 is 0 Å². The van der Waals surface area contributed by atoms with Gasteiger partial charge in [0.1, 0.15) is 0 Å². The van der Waals surface area contributed by atoms with Gasteiger partial charge < -0.3 is 4.90 Å². The molecule has 1 saturated heterocycles. The number of hydrogen-bond donors (Lipinski definition) is 0. The van der Waals surface area contributed by atoms with Crippen molar-refractivity contribution in [2.45, 2.75) is 24.7 Å². The fourth-order valence-electron chi connectivity index (χ4n) is 2.19. The molecule has 0 aromatic heterocycles. The highest BCUT2D eigenvalue weighted by molar-refractivity contribution is 7.99. The summed E-state index contributed by atoms with van der Waals surface area (Å²) in [5.41, 5.74) is -0.0803. The van der Waals surface area contributed by atoms with E-state index in [9.17, 15) is 0 Å². The summed E-state index contributed by atoms with van der Waals surface area (Å²) in [5.74, 6) is 1.13. The maximum Gasteiger partial charge on any atom is 0.0687 e. The third-order valence-corrected chi connectivity index (χ3v) is 4.64. The van der Waals surface area contributed by atoms with Crippen LogP contribution in [0.1, 0.15) is 19.8 Å². The fourth-order valence-corrected chi connectivity index (χ4v) is 3.13. The van der Waals surface area contributed by atoms with E-state index in [1.54, 1.807) is 0 Å². The standard InChI is InChI=1S/C15H20N2S/c1-15(13-16)7-9-17(10-8-15)11-12-18-14-5-3-2-4-6-14/h2-6H,7-12H2,1H3. The Morgan fingerprint density at radius 1 is 1.28 bits per heavy atom. The lowest BCUT2D eigenvalue weighted by Gasteiger charge is -2.34. The van der Waals surface area contributed by atoms with E-state index in [0.29, 0.717) is 0 Å². The predicted octanol–water partition coefficient (Wildman–Crippen LogP) is 3.40. The number of hydrogen-bond acceptors (Lipinski definition) is 3. The Morgan fingerprint density at radius 2 is 1.94 bits per heavy atom. The van der Waals surface area contributed by atoms with Gasteiger partial charge in [-0.05, 0) is 45.0 Å². The van der Waals surface area contributed by atoms with Crippen molar-refractivity contribution in [1.29, 1.82) is 5.26 Å². The molecule has 1 heterocycles.